The SMILES string of the molecule is CCCNC(=O)c1sc(NCCOCC)c(C(N)=O)c1N. The second kappa shape index (κ2) is 8.48. The first kappa shape index (κ1) is 17.3. The molecule has 0 saturated heterocycles. The maximum absolute atomic E-state index is 12.0. The van der Waals surface area contributed by atoms with Crippen LogP contribution >= 0.6 is 11.3 Å². The average Bonchev–Trinajstić information content (AvgIpc) is 2.78. The fraction of sp³-hybridized carbons (Fsp3) is 0.538. The summed E-state index contributed by atoms with van der Waals surface area (Å²) in [5.74, 6) is -0.947. The number of nitrogen functional groups attached to an aromatic ring is 1. The molecule has 1 heterocycles. The minimum atomic E-state index is -0.655. The molecule has 8 heteroatoms. The van der Waals surface area contributed by atoms with Crippen LogP contribution in [0.4, 0.5) is 10.7 Å². The highest BCUT2D eigenvalue weighted by Gasteiger charge is 2.23. The first-order valence-electron chi connectivity index (χ1n) is 6.84. The average molecular weight is 314 g/mol. The third kappa shape index (κ3) is 4.61. The zero-order valence-electron chi connectivity index (χ0n) is 12.3. The predicted octanol–water partition coefficient (Wildman–Crippen LogP) is 1.02. The number of nitrogens with one attached hydrogen (secondary N) is 2. The van der Waals surface area contributed by atoms with Gasteiger partial charge in [0, 0.05) is 19.7 Å². The Morgan fingerprint density at radius 3 is 2.57 bits per heavy atom. The molecule has 0 aromatic carbocycles. The van der Waals surface area contributed by atoms with Crippen molar-refractivity contribution < 1.29 is 14.3 Å². The fourth-order valence-corrected chi connectivity index (χ4v) is 2.75. The summed E-state index contributed by atoms with van der Waals surface area (Å²) in [7, 11) is 0. The number of hydrogen-bond acceptors (Lipinski definition) is 6. The van der Waals surface area contributed by atoms with Crippen LogP contribution < -0.4 is 22.1 Å². The van der Waals surface area contributed by atoms with E-state index in [-0.39, 0.29) is 17.2 Å². The normalized spacial score (nSPS) is 10.4. The molecular weight excluding hydrogens is 292 g/mol. The summed E-state index contributed by atoms with van der Waals surface area (Å²) in [4.78, 5) is 23.8. The van der Waals surface area contributed by atoms with Crippen LogP contribution in [0.15, 0.2) is 0 Å². The smallest absolute Gasteiger partial charge is 0.263 e. The molecule has 21 heavy (non-hydrogen) atoms. The van der Waals surface area contributed by atoms with Crippen LogP contribution in [0.2, 0.25) is 0 Å². The number of nitrogens with two attached hydrogens (primary N) is 2. The van der Waals surface area contributed by atoms with Crippen molar-refractivity contribution >= 4 is 33.8 Å². The second-order valence-electron chi connectivity index (χ2n) is 4.29. The number of primary amides is 1. The molecule has 0 spiro atoms. The zero-order valence-corrected chi connectivity index (χ0v) is 13.1. The van der Waals surface area contributed by atoms with Gasteiger partial charge in [0.1, 0.15) is 9.88 Å². The standard InChI is InChI=1S/C13H22N4O3S/c1-3-5-16-12(19)10-9(14)8(11(15)18)13(21-10)17-6-7-20-4-2/h17H,3-7,14H2,1-2H3,(H2,15,18)(H,16,19). The van der Waals surface area contributed by atoms with E-state index in [1.807, 2.05) is 13.8 Å². The Hall–Kier alpha value is -1.80. The van der Waals surface area contributed by atoms with Gasteiger partial charge in [-0.05, 0) is 13.3 Å². The molecule has 1 aromatic rings. The van der Waals surface area contributed by atoms with Crippen molar-refractivity contribution in [1.29, 1.82) is 0 Å². The third-order valence-electron chi connectivity index (χ3n) is 2.67. The Bertz CT molecular complexity index is 502. The van der Waals surface area contributed by atoms with Gasteiger partial charge in [0.25, 0.3) is 11.8 Å². The summed E-state index contributed by atoms with van der Waals surface area (Å²) in [6.45, 7) is 6.01. The molecule has 0 bridgehead atoms. The van der Waals surface area contributed by atoms with Gasteiger partial charge in [-0.1, -0.05) is 6.92 Å². The number of rotatable bonds is 9. The Kier molecular flexibility index (Phi) is 6.97. The highest BCUT2D eigenvalue weighted by Crippen LogP contribution is 2.35. The molecule has 0 fully saturated rings. The van der Waals surface area contributed by atoms with Crippen LogP contribution in [0.1, 0.15) is 40.3 Å². The van der Waals surface area contributed by atoms with E-state index in [4.69, 9.17) is 16.2 Å². The summed E-state index contributed by atoms with van der Waals surface area (Å²) in [5.41, 5.74) is 11.5. The third-order valence-corrected chi connectivity index (χ3v) is 3.83. The van der Waals surface area contributed by atoms with Gasteiger partial charge in [0.2, 0.25) is 0 Å². The van der Waals surface area contributed by atoms with Gasteiger partial charge in [-0.2, -0.15) is 0 Å². The van der Waals surface area contributed by atoms with Crippen molar-refractivity contribution in [3.63, 3.8) is 0 Å². The molecule has 0 aliphatic carbocycles. The van der Waals surface area contributed by atoms with E-state index in [1.54, 1.807) is 0 Å². The summed E-state index contributed by atoms with van der Waals surface area (Å²) < 4.78 is 5.21. The molecule has 1 aromatic heterocycles. The van der Waals surface area contributed by atoms with E-state index >= 15 is 0 Å². The Labute approximate surface area is 128 Å². The number of ether oxygens (including phenoxy) is 1. The highest BCUT2D eigenvalue weighted by molar-refractivity contribution is 7.19. The van der Waals surface area contributed by atoms with E-state index < -0.39 is 5.91 Å². The van der Waals surface area contributed by atoms with Gasteiger partial charge in [-0.3, -0.25) is 9.59 Å². The lowest BCUT2D eigenvalue weighted by molar-refractivity contribution is 0.0958. The van der Waals surface area contributed by atoms with Gasteiger partial charge in [0.15, 0.2) is 0 Å². The van der Waals surface area contributed by atoms with Crippen molar-refractivity contribution in [3.8, 4) is 0 Å². The first-order chi connectivity index (χ1) is 10.0. The van der Waals surface area contributed by atoms with Crippen LogP contribution in [0.5, 0.6) is 0 Å². The summed E-state index contributed by atoms with van der Waals surface area (Å²) in [6.07, 6.45) is 0.819. The minimum absolute atomic E-state index is 0.125. The maximum atomic E-state index is 12.0. The first-order valence-corrected chi connectivity index (χ1v) is 7.66. The van der Waals surface area contributed by atoms with Crippen molar-refractivity contribution in [3.05, 3.63) is 10.4 Å². The van der Waals surface area contributed by atoms with Crippen molar-refractivity contribution in [2.45, 2.75) is 20.3 Å². The molecule has 118 valence electrons. The molecule has 0 aliphatic heterocycles. The van der Waals surface area contributed by atoms with Gasteiger partial charge in [-0.25, -0.2) is 0 Å². The number of anilines is 2. The topological polar surface area (TPSA) is 119 Å². The molecule has 6 N–H and O–H groups in total. The molecule has 1 rings (SSSR count). The Morgan fingerprint density at radius 2 is 2.00 bits per heavy atom. The highest BCUT2D eigenvalue weighted by atomic mass is 32.1. The fourth-order valence-electron chi connectivity index (χ4n) is 1.68. The van der Waals surface area contributed by atoms with Gasteiger partial charge >= 0.3 is 0 Å². The number of carbonyl (C=O) groups excluding carboxylic acids is 2. The largest absolute Gasteiger partial charge is 0.397 e. The minimum Gasteiger partial charge on any atom is -0.397 e. The number of amides is 2. The van der Waals surface area contributed by atoms with Crippen LogP contribution in [0.25, 0.3) is 0 Å². The van der Waals surface area contributed by atoms with Crippen LogP contribution in [-0.2, 0) is 4.74 Å². The second-order valence-corrected chi connectivity index (χ2v) is 5.31. The van der Waals surface area contributed by atoms with E-state index in [0.717, 1.165) is 17.8 Å². The molecular formula is C13H22N4O3S. The van der Waals surface area contributed by atoms with Crippen molar-refractivity contribution in [2.75, 3.05) is 37.4 Å². The van der Waals surface area contributed by atoms with E-state index in [0.29, 0.717) is 36.2 Å². The Balaban J connectivity index is 2.91. The number of thiophene rings is 1. The number of carbonyl (C=O) groups is 2. The zero-order chi connectivity index (χ0) is 15.8. The number of hydrogen-bond donors (Lipinski definition) is 4. The molecule has 0 radical (unpaired) electrons. The quantitative estimate of drug-likeness (QED) is 0.507. The molecule has 7 nitrogen and oxygen atoms in total. The van der Waals surface area contributed by atoms with Gasteiger partial charge in [0.05, 0.1) is 17.9 Å². The molecule has 2 amide bonds. The molecule has 0 saturated carbocycles. The van der Waals surface area contributed by atoms with Crippen molar-refractivity contribution in [1.82, 2.24) is 5.32 Å². The van der Waals surface area contributed by atoms with Crippen LogP contribution in [0.3, 0.4) is 0 Å². The van der Waals surface area contributed by atoms with E-state index in [2.05, 4.69) is 10.6 Å². The van der Waals surface area contributed by atoms with Gasteiger partial charge in [-0.15, -0.1) is 11.3 Å². The molecule has 0 atom stereocenters. The molecule has 0 aliphatic rings. The lowest BCUT2D eigenvalue weighted by Crippen LogP contribution is -2.24. The van der Waals surface area contributed by atoms with Gasteiger partial charge < -0.3 is 26.8 Å². The summed E-state index contributed by atoms with van der Waals surface area (Å²) >= 11 is 1.13. The predicted molar refractivity (Wildman–Crippen MR) is 84.9 cm³/mol. The summed E-state index contributed by atoms with van der Waals surface area (Å²) in [5, 5.41) is 6.27. The maximum Gasteiger partial charge on any atom is 0.263 e. The Morgan fingerprint density at radius 1 is 1.29 bits per heavy atom. The van der Waals surface area contributed by atoms with E-state index in [9.17, 15) is 9.59 Å². The van der Waals surface area contributed by atoms with Crippen LogP contribution in [-0.4, -0.2) is 38.1 Å². The monoisotopic (exact) mass is 314 g/mol. The van der Waals surface area contributed by atoms with Crippen molar-refractivity contribution in [2.24, 2.45) is 5.73 Å². The molecule has 0 unspecified atom stereocenters. The van der Waals surface area contributed by atoms with E-state index in [1.165, 1.54) is 0 Å². The lowest BCUT2D eigenvalue weighted by atomic mass is 10.2. The van der Waals surface area contributed by atoms with Crippen LogP contribution in [0, 0.1) is 0 Å². The lowest BCUT2D eigenvalue weighted by Gasteiger charge is -2.05. The summed E-state index contributed by atoms with van der Waals surface area (Å²) in [6, 6.07) is 0.